The van der Waals surface area contributed by atoms with Gasteiger partial charge in [0, 0.05) is 17.1 Å². The predicted molar refractivity (Wildman–Crippen MR) is 107 cm³/mol. The number of nitriles is 1. The Kier molecular flexibility index (Phi) is 4.70. The van der Waals surface area contributed by atoms with Crippen LogP contribution in [0, 0.1) is 17.1 Å². The average molecular weight is 388 g/mol. The zero-order valence-electron chi connectivity index (χ0n) is 14.5. The molecule has 0 radical (unpaired) electrons. The molecule has 5 nitrogen and oxygen atoms in total. The Hall–Kier alpha value is -3.76. The molecule has 0 saturated heterocycles. The molecule has 0 unspecified atom stereocenters. The highest BCUT2D eigenvalue weighted by molar-refractivity contribution is 7.15. The molecular weight excluding hydrogens is 375 g/mol. The summed E-state index contributed by atoms with van der Waals surface area (Å²) >= 11 is 1.45. The van der Waals surface area contributed by atoms with E-state index in [0.29, 0.717) is 11.4 Å². The largest absolute Gasteiger partial charge is 0.319 e. The van der Waals surface area contributed by atoms with Crippen LogP contribution in [0.25, 0.3) is 22.3 Å². The first kappa shape index (κ1) is 17.6. The third-order valence-electron chi connectivity index (χ3n) is 4.11. The average Bonchev–Trinajstić information content (AvgIpc) is 3.30. The van der Waals surface area contributed by atoms with Gasteiger partial charge in [-0.3, -0.25) is 9.20 Å². The molecule has 0 aliphatic heterocycles. The number of imidazole rings is 1. The van der Waals surface area contributed by atoms with Gasteiger partial charge in [0.25, 0.3) is 5.91 Å². The van der Waals surface area contributed by atoms with E-state index in [1.54, 1.807) is 6.07 Å². The van der Waals surface area contributed by atoms with Gasteiger partial charge in [-0.15, -0.1) is 11.3 Å². The molecule has 1 N–H and O–H groups in total. The van der Waals surface area contributed by atoms with Gasteiger partial charge in [-0.2, -0.15) is 5.26 Å². The maximum atomic E-state index is 13.8. The Morgan fingerprint density at radius 1 is 1.18 bits per heavy atom. The number of hydrogen-bond acceptors (Lipinski definition) is 4. The van der Waals surface area contributed by atoms with E-state index < -0.39 is 11.7 Å². The summed E-state index contributed by atoms with van der Waals surface area (Å²) in [6.45, 7) is 0. The van der Waals surface area contributed by atoms with E-state index in [4.69, 9.17) is 0 Å². The van der Waals surface area contributed by atoms with Crippen molar-refractivity contribution >= 4 is 34.0 Å². The second-order valence-electron chi connectivity index (χ2n) is 5.87. The molecule has 2 heterocycles. The van der Waals surface area contributed by atoms with Crippen LogP contribution in [-0.2, 0) is 4.79 Å². The molecule has 136 valence electrons. The Labute approximate surface area is 164 Å². The topological polar surface area (TPSA) is 70.2 Å². The van der Waals surface area contributed by atoms with Crippen molar-refractivity contribution in [2.24, 2.45) is 0 Å². The van der Waals surface area contributed by atoms with E-state index >= 15 is 0 Å². The van der Waals surface area contributed by atoms with Crippen LogP contribution < -0.4 is 5.32 Å². The minimum Gasteiger partial charge on any atom is -0.319 e. The third kappa shape index (κ3) is 3.29. The molecule has 2 aromatic carbocycles. The van der Waals surface area contributed by atoms with Crippen LogP contribution in [-0.4, -0.2) is 15.3 Å². The van der Waals surface area contributed by atoms with Crippen LogP contribution in [0.15, 0.2) is 71.7 Å². The lowest BCUT2D eigenvalue weighted by molar-refractivity contribution is -0.112. The van der Waals surface area contributed by atoms with Crippen LogP contribution in [0.5, 0.6) is 0 Å². The lowest BCUT2D eigenvalue weighted by Gasteiger charge is -2.06. The maximum Gasteiger partial charge on any atom is 0.266 e. The first-order chi connectivity index (χ1) is 13.7. The fourth-order valence-corrected chi connectivity index (χ4v) is 3.51. The number of halogens is 1. The number of thiazole rings is 1. The fourth-order valence-electron chi connectivity index (χ4n) is 2.79. The van der Waals surface area contributed by atoms with Crippen molar-refractivity contribution in [2.75, 3.05) is 5.32 Å². The van der Waals surface area contributed by atoms with Crippen molar-refractivity contribution in [3.8, 4) is 17.3 Å². The van der Waals surface area contributed by atoms with Crippen molar-refractivity contribution in [1.29, 1.82) is 5.26 Å². The number of nitrogens with zero attached hydrogens (tertiary/aromatic N) is 3. The molecule has 0 spiro atoms. The zero-order valence-corrected chi connectivity index (χ0v) is 15.3. The highest BCUT2D eigenvalue weighted by Crippen LogP contribution is 2.28. The number of benzene rings is 2. The highest BCUT2D eigenvalue weighted by atomic mass is 32.1. The van der Waals surface area contributed by atoms with Gasteiger partial charge in [0.15, 0.2) is 4.96 Å². The molecule has 2 aromatic heterocycles. The van der Waals surface area contributed by atoms with Crippen molar-refractivity contribution in [3.05, 3.63) is 83.3 Å². The molecule has 0 aliphatic carbocycles. The van der Waals surface area contributed by atoms with Crippen LogP contribution in [0.3, 0.4) is 0 Å². The summed E-state index contributed by atoms with van der Waals surface area (Å²) < 4.78 is 15.6. The van der Waals surface area contributed by atoms with Crippen molar-refractivity contribution in [3.63, 3.8) is 0 Å². The number of rotatable bonds is 4. The highest BCUT2D eigenvalue weighted by Gasteiger charge is 2.17. The number of hydrogen-bond donors (Lipinski definition) is 1. The Balaban J connectivity index is 1.77. The monoisotopic (exact) mass is 388 g/mol. The van der Waals surface area contributed by atoms with Gasteiger partial charge < -0.3 is 5.32 Å². The summed E-state index contributed by atoms with van der Waals surface area (Å²) in [5.41, 5.74) is 2.03. The number of carbonyl (C=O) groups is 1. The van der Waals surface area contributed by atoms with Gasteiger partial charge in [-0.25, -0.2) is 9.37 Å². The normalized spacial score (nSPS) is 11.4. The number of fused-ring (bicyclic) bond motifs is 1. The van der Waals surface area contributed by atoms with Crippen LogP contribution in [0.4, 0.5) is 10.1 Å². The molecule has 7 heteroatoms. The molecule has 0 saturated carbocycles. The fraction of sp³-hybridized carbons (Fsp3) is 0. The number of aromatic nitrogens is 2. The minimum absolute atomic E-state index is 0.0193. The summed E-state index contributed by atoms with van der Waals surface area (Å²) in [5, 5.41) is 13.8. The van der Waals surface area contributed by atoms with E-state index in [2.05, 4.69) is 10.3 Å². The number of para-hydroxylation sites is 1. The quantitative estimate of drug-likeness (QED) is 0.405. The van der Waals surface area contributed by atoms with Crippen LogP contribution >= 0.6 is 11.3 Å². The first-order valence-corrected chi connectivity index (χ1v) is 9.24. The van der Waals surface area contributed by atoms with Crippen molar-refractivity contribution < 1.29 is 9.18 Å². The van der Waals surface area contributed by atoms with Gasteiger partial charge in [-0.05, 0) is 18.2 Å². The molecule has 28 heavy (non-hydrogen) atoms. The number of amides is 1. The van der Waals surface area contributed by atoms with E-state index in [1.165, 1.54) is 35.6 Å². The smallest absolute Gasteiger partial charge is 0.266 e. The van der Waals surface area contributed by atoms with Gasteiger partial charge in [0.2, 0.25) is 0 Å². The zero-order chi connectivity index (χ0) is 19.5. The lowest BCUT2D eigenvalue weighted by atomic mass is 10.1. The van der Waals surface area contributed by atoms with Crippen molar-refractivity contribution in [1.82, 2.24) is 9.38 Å². The Bertz CT molecular complexity index is 1230. The molecule has 0 aliphatic rings. The number of nitrogens with one attached hydrogen (secondary N) is 1. The SMILES string of the molecule is N#C/C(=C\c1c(-c2ccccc2)nc2sccn12)C(=O)Nc1ccccc1F. The third-order valence-corrected chi connectivity index (χ3v) is 4.87. The summed E-state index contributed by atoms with van der Waals surface area (Å²) in [6, 6.07) is 17.2. The maximum absolute atomic E-state index is 13.8. The Morgan fingerprint density at radius 2 is 1.93 bits per heavy atom. The van der Waals surface area contributed by atoms with Crippen molar-refractivity contribution in [2.45, 2.75) is 0 Å². The Morgan fingerprint density at radius 3 is 2.68 bits per heavy atom. The summed E-state index contributed by atoms with van der Waals surface area (Å²) in [4.78, 5) is 17.9. The predicted octanol–water partition coefficient (Wildman–Crippen LogP) is 4.75. The van der Waals surface area contributed by atoms with Gasteiger partial charge in [0.1, 0.15) is 17.5 Å². The van der Waals surface area contributed by atoms with E-state index in [9.17, 15) is 14.4 Å². The summed E-state index contributed by atoms with van der Waals surface area (Å²) in [7, 11) is 0. The van der Waals surface area contributed by atoms with E-state index in [0.717, 1.165) is 10.5 Å². The summed E-state index contributed by atoms with van der Waals surface area (Å²) in [5.74, 6) is -1.25. The van der Waals surface area contributed by atoms with Crippen LogP contribution in [0.2, 0.25) is 0 Å². The standard InChI is InChI=1S/C21H13FN4OS/c22-16-8-4-5-9-17(16)24-20(27)15(13-23)12-18-19(14-6-2-1-3-7-14)25-21-26(18)10-11-28-21/h1-12H,(H,24,27)/b15-12+. The second-order valence-corrected chi connectivity index (χ2v) is 6.74. The van der Waals surface area contributed by atoms with E-state index in [-0.39, 0.29) is 11.3 Å². The van der Waals surface area contributed by atoms with Gasteiger partial charge in [-0.1, -0.05) is 42.5 Å². The molecule has 4 aromatic rings. The lowest BCUT2D eigenvalue weighted by Crippen LogP contribution is -2.14. The molecule has 0 bridgehead atoms. The molecule has 4 rings (SSSR count). The number of carbonyl (C=O) groups excluding carboxylic acids is 1. The number of anilines is 1. The van der Waals surface area contributed by atoms with Gasteiger partial charge >= 0.3 is 0 Å². The van der Waals surface area contributed by atoms with Gasteiger partial charge in [0.05, 0.1) is 17.1 Å². The second kappa shape index (κ2) is 7.47. The molecule has 0 atom stereocenters. The molecule has 1 amide bonds. The van der Waals surface area contributed by atoms with Crippen LogP contribution in [0.1, 0.15) is 5.69 Å². The van der Waals surface area contributed by atoms with E-state index in [1.807, 2.05) is 52.4 Å². The minimum atomic E-state index is -0.684. The first-order valence-electron chi connectivity index (χ1n) is 8.36. The molecular formula is C21H13FN4OS. The summed E-state index contributed by atoms with van der Waals surface area (Å²) in [6.07, 6.45) is 3.31. The molecule has 0 fully saturated rings.